The van der Waals surface area contributed by atoms with Crippen molar-refractivity contribution in [2.75, 3.05) is 20.3 Å². The molecule has 1 aromatic carbocycles. The molecule has 1 amide bonds. The maximum absolute atomic E-state index is 11.9. The molecule has 8 heteroatoms. The minimum Gasteiger partial charge on any atom is -0.431 e. The molecule has 2 aromatic heterocycles. The molecule has 0 bridgehead atoms. The number of ether oxygens (including phenoxy) is 1. The lowest BCUT2D eigenvalue weighted by Gasteiger charge is -2.00. The third kappa shape index (κ3) is 3.95. The molecular weight excluding hydrogens is 346 g/mol. The van der Waals surface area contributed by atoms with Crippen LogP contribution in [0.25, 0.3) is 11.1 Å². The highest BCUT2D eigenvalue weighted by atomic mass is 32.2. The van der Waals surface area contributed by atoms with E-state index >= 15 is 0 Å². The summed E-state index contributed by atoms with van der Waals surface area (Å²) in [6.07, 6.45) is 0. The van der Waals surface area contributed by atoms with Crippen molar-refractivity contribution in [3.05, 3.63) is 39.8 Å². The number of rotatable bonds is 7. The molecule has 0 unspecified atom stereocenters. The van der Waals surface area contributed by atoms with Crippen molar-refractivity contribution in [1.29, 1.82) is 0 Å². The lowest BCUT2D eigenvalue weighted by molar-refractivity contribution is 0.0932. The van der Waals surface area contributed by atoms with Crippen LogP contribution in [0.4, 0.5) is 0 Å². The lowest BCUT2D eigenvalue weighted by Crippen LogP contribution is -2.27. The number of oxazole rings is 1. The number of methoxy groups -OCH3 is 1. The van der Waals surface area contributed by atoms with Crippen molar-refractivity contribution in [2.24, 2.45) is 0 Å². The van der Waals surface area contributed by atoms with Gasteiger partial charge in [0, 0.05) is 19.0 Å². The molecule has 0 aliphatic rings. The molecule has 1 N–H and O–H groups in total. The second kappa shape index (κ2) is 7.78. The zero-order valence-corrected chi connectivity index (χ0v) is 15.0. The summed E-state index contributed by atoms with van der Waals surface area (Å²) in [5.41, 5.74) is 3.19. The van der Waals surface area contributed by atoms with Gasteiger partial charge in [-0.1, -0.05) is 23.9 Å². The fourth-order valence-electron chi connectivity index (χ4n) is 2.09. The van der Waals surface area contributed by atoms with Crippen molar-refractivity contribution in [3.8, 4) is 0 Å². The molecule has 0 fully saturated rings. The summed E-state index contributed by atoms with van der Waals surface area (Å²) in [6.45, 7) is 2.96. The SMILES string of the molecule is COCCNC(=O)c1csc(CSc2nc3c(C)cccc3o2)n1. The van der Waals surface area contributed by atoms with Crippen molar-refractivity contribution in [3.63, 3.8) is 0 Å². The van der Waals surface area contributed by atoms with E-state index in [1.54, 1.807) is 12.5 Å². The van der Waals surface area contributed by atoms with Crippen LogP contribution >= 0.6 is 23.1 Å². The van der Waals surface area contributed by atoms with Crippen LogP contribution in [0.3, 0.4) is 0 Å². The van der Waals surface area contributed by atoms with Gasteiger partial charge in [0.05, 0.1) is 12.4 Å². The monoisotopic (exact) mass is 363 g/mol. The Balaban J connectivity index is 1.60. The Morgan fingerprint density at radius 2 is 2.29 bits per heavy atom. The van der Waals surface area contributed by atoms with Crippen LogP contribution in [-0.4, -0.2) is 36.1 Å². The van der Waals surface area contributed by atoms with Crippen LogP contribution in [0.15, 0.2) is 33.2 Å². The molecule has 0 saturated carbocycles. The molecule has 0 aliphatic carbocycles. The van der Waals surface area contributed by atoms with E-state index in [0.717, 1.165) is 21.7 Å². The number of aryl methyl sites for hydroxylation is 1. The number of hydrogen-bond acceptors (Lipinski definition) is 7. The molecule has 3 aromatic rings. The average Bonchev–Trinajstić information content (AvgIpc) is 3.20. The third-order valence-electron chi connectivity index (χ3n) is 3.30. The van der Waals surface area contributed by atoms with Gasteiger partial charge in [-0.25, -0.2) is 9.97 Å². The number of carbonyl (C=O) groups is 1. The quantitative estimate of drug-likeness (QED) is 0.513. The third-order valence-corrected chi connectivity index (χ3v) is 5.17. The minimum absolute atomic E-state index is 0.183. The number of benzene rings is 1. The summed E-state index contributed by atoms with van der Waals surface area (Å²) in [7, 11) is 1.60. The Bertz CT molecular complexity index is 844. The summed E-state index contributed by atoms with van der Waals surface area (Å²) in [5, 5.41) is 5.98. The number of para-hydroxylation sites is 1. The number of aromatic nitrogens is 2. The number of thioether (sulfide) groups is 1. The standard InChI is InChI=1S/C16H17N3O3S2/c1-10-4-3-5-12-14(10)19-16(22-12)24-9-13-18-11(8-23-13)15(20)17-6-7-21-2/h3-5,8H,6-7,9H2,1-2H3,(H,17,20). The predicted molar refractivity (Wildman–Crippen MR) is 94.6 cm³/mol. The minimum atomic E-state index is -0.183. The van der Waals surface area contributed by atoms with Crippen molar-refractivity contribution in [2.45, 2.75) is 17.9 Å². The first-order valence-corrected chi connectivity index (χ1v) is 9.24. The summed E-state index contributed by atoms with van der Waals surface area (Å²) < 4.78 is 10.6. The zero-order valence-electron chi connectivity index (χ0n) is 13.4. The van der Waals surface area contributed by atoms with Crippen LogP contribution in [0.1, 0.15) is 21.1 Å². The van der Waals surface area contributed by atoms with Gasteiger partial charge < -0.3 is 14.5 Å². The molecule has 126 valence electrons. The molecule has 24 heavy (non-hydrogen) atoms. The highest BCUT2D eigenvalue weighted by Crippen LogP contribution is 2.28. The van der Waals surface area contributed by atoms with Crippen LogP contribution in [-0.2, 0) is 10.5 Å². The summed E-state index contributed by atoms with van der Waals surface area (Å²) in [6, 6.07) is 5.87. The van der Waals surface area contributed by atoms with Gasteiger partial charge in [0.2, 0.25) is 0 Å². The van der Waals surface area contributed by atoms with Gasteiger partial charge in [-0.05, 0) is 18.6 Å². The average molecular weight is 363 g/mol. The maximum Gasteiger partial charge on any atom is 0.270 e. The largest absolute Gasteiger partial charge is 0.431 e. The topological polar surface area (TPSA) is 77.2 Å². The number of fused-ring (bicyclic) bond motifs is 1. The molecule has 6 nitrogen and oxygen atoms in total. The Kier molecular flexibility index (Phi) is 5.49. The Morgan fingerprint density at radius 3 is 3.08 bits per heavy atom. The van der Waals surface area contributed by atoms with Crippen LogP contribution in [0.5, 0.6) is 0 Å². The van der Waals surface area contributed by atoms with E-state index in [1.807, 2.05) is 25.1 Å². The molecule has 2 heterocycles. The van der Waals surface area contributed by atoms with E-state index in [4.69, 9.17) is 9.15 Å². The normalized spacial score (nSPS) is 11.1. The Labute approximate surface area is 147 Å². The summed E-state index contributed by atoms with van der Waals surface area (Å²) in [5.74, 6) is 0.430. The fourth-order valence-corrected chi connectivity index (χ4v) is 3.71. The first kappa shape index (κ1) is 16.9. The van der Waals surface area contributed by atoms with Crippen LogP contribution in [0, 0.1) is 6.92 Å². The maximum atomic E-state index is 11.9. The summed E-state index contributed by atoms with van der Waals surface area (Å²) >= 11 is 2.93. The second-order valence-corrected chi connectivity index (χ2v) is 6.93. The first-order chi connectivity index (χ1) is 11.7. The lowest BCUT2D eigenvalue weighted by atomic mass is 10.2. The van der Waals surface area contributed by atoms with Crippen LogP contribution < -0.4 is 5.32 Å². The highest BCUT2D eigenvalue weighted by molar-refractivity contribution is 7.98. The van der Waals surface area contributed by atoms with Gasteiger partial charge >= 0.3 is 0 Å². The molecule has 0 atom stereocenters. The molecule has 0 spiro atoms. The number of thiazole rings is 1. The van der Waals surface area contributed by atoms with E-state index in [0.29, 0.717) is 29.8 Å². The van der Waals surface area contributed by atoms with Gasteiger partial charge in [0.1, 0.15) is 16.2 Å². The summed E-state index contributed by atoms with van der Waals surface area (Å²) in [4.78, 5) is 20.8. The van der Waals surface area contributed by atoms with Gasteiger partial charge in [-0.2, -0.15) is 0 Å². The van der Waals surface area contributed by atoms with E-state index in [-0.39, 0.29) is 5.91 Å². The second-order valence-electron chi connectivity index (χ2n) is 5.07. The van der Waals surface area contributed by atoms with E-state index in [1.165, 1.54) is 23.1 Å². The van der Waals surface area contributed by atoms with Gasteiger partial charge in [-0.15, -0.1) is 11.3 Å². The van der Waals surface area contributed by atoms with E-state index in [2.05, 4.69) is 15.3 Å². The molecular formula is C16H17N3O3S2. The molecule has 3 rings (SSSR count). The number of nitrogens with zero attached hydrogens (tertiary/aromatic N) is 2. The molecule has 0 aliphatic heterocycles. The number of nitrogens with one attached hydrogen (secondary N) is 1. The van der Waals surface area contributed by atoms with Crippen molar-refractivity contribution >= 4 is 40.1 Å². The van der Waals surface area contributed by atoms with Crippen molar-refractivity contribution < 1.29 is 13.9 Å². The predicted octanol–water partition coefficient (Wildman–Crippen LogP) is 3.26. The molecule has 0 radical (unpaired) electrons. The van der Waals surface area contributed by atoms with Gasteiger partial charge in [-0.3, -0.25) is 4.79 Å². The van der Waals surface area contributed by atoms with Gasteiger partial charge in [0.25, 0.3) is 11.1 Å². The Morgan fingerprint density at radius 1 is 1.42 bits per heavy atom. The zero-order chi connectivity index (χ0) is 16.9. The van der Waals surface area contributed by atoms with E-state index in [9.17, 15) is 4.79 Å². The van der Waals surface area contributed by atoms with Crippen molar-refractivity contribution in [1.82, 2.24) is 15.3 Å². The molecule has 0 saturated heterocycles. The van der Waals surface area contributed by atoms with E-state index < -0.39 is 0 Å². The first-order valence-electron chi connectivity index (χ1n) is 7.38. The highest BCUT2D eigenvalue weighted by Gasteiger charge is 2.12. The van der Waals surface area contributed by atoms with Gasteiger partial charge in [0.15, 0.2) is 5.58 Å². The fraction of sp³-hybridized carbons (Fsp3) is 0.312. The number of amides is 1. The Hall–Kier alpha value is -1.90. The van der Waals surface area contributed by atoms with Crippen LogP contribution in [0.2, 0.25) is 0 Å². The smallest absolute Gasteiger partial charge is 0.270 e. The number of carbonyl (C=O) groups excluding carboxylic acids is 1. The number of hydrogen-bond donors (Lipinski definition) is 1.